The second kappa shape index (κ2) is 9.68. The van der Waals surface area contributed by atoms with E-state index in [-0.39, 0.29) is 17.5 Å². The van der Waals surface area contributed by atoms with E-state index in [1.165, 1.54) is 13.0 Å². The van der Waals surface area contributed by atoms with Crippen molar-refractivity contribution in [1.82, 2.24) is 15.3 Å². The maximum atomic E-state index is 14.2. The van der Waals surface area contributed by atoms with Crippen LogP contribution in [-0.4, -0.2) is 42.6 Å². The Morgan fingerprint density at radius 3 is 2.52 bits per heavy atom. The molecular weight excluding hydrogens is 424 g/mol. The van der Waals surface area contributed by atoms with Gasteiger partial charge in [0.2, 0.25) is 5.95 Å². The first kappa shape index (κ1) is 22.9. The number of benzene rings is 2. The maximum Gasteiger partial charge on any atom is 0.257 e. The van der Waals surface area contributed by atoms with Crippen molar-refractivity contribution in [3.8, 4) is 0 Å². The number of para-hydroxylation sites is 1. The molecule has 1 aliphatic rings. The molecule has 0 bridgehead atoms. The number of carbonyl (C=O) groups is 1. The van der Waals surface area contributed by atoms with Gasteiger partial charge in [0.15, 0.2) is 0 Å². The number of aryl methyl sites for hydroxylation is 1. The summed E-state index contributed by atoms with van der Waals surface area (Å²) in [5.74, 6) is -0.592. The molecule has 1 aliphatic carbocycles. The molecule has 0 aliphatic heterocycles. The predicted molar refractivity (Wildman–Crippen MR) is 127 cm³/mol. The van der Waals surface area contributed by atoms with Gasteiger partial charge in [0.05, 0.1) is 5.52 Å². The molecule has 0 atom stereocenters. The minimum atomic E-state index is -0.837. The van der Waals surface area contributed by atoms with E-state index in [0.29, 0.717) is 12.5 Å². The average Bonchev–Trinajstić information content (AvgIpc) is 2.80. The summed E-state index contributed by atoms with van der Waals surface area (Å²) < 4.78 is 28.1. The van der Waals surface area contributed by atoms with Gasteiger partial charge in [-0.2, -0.15) is 4.98 Å². The molecule has 0 unspecified atom stereocenters. The molecule has 1 heterocycles. The largest absolute Gasteiger partial charge is 0.362 e. The summed E-state index contributed by atoms with van der Waals surface area (Å²) in [6.45, 7) is 1.91. The summed E-state index contributed by atoms with van der Waals surface area (Å²) >= 11 is 0. The van der Waals surface area contributed by atoms with E-state index in [4.69, 9.17) is 4.98 Å². The van der Waals surface area contributed by atoms with Crippen LogP contribution in [-0.2, 0) is 0 Å². The Morgan fingerprint density at radius 1 is 1.06 bits per heavy atom. The van der Waals surface area contributed by atoms with E-state index in [1.54, 1.807) is 0 Å². The third-order valence-electron chi connectivity index (χ3n) is 6.25. The number of hydrogen-bond acceptors (Lipinski definition) is 5. The van der Waals surface area contributed by atoms with Crippen LogP contribution in [0.3, 0.4) is 0 Å². The Bertz CT molecular complexity index is 1160. The van der Waals surface area contributed by atoms with Crippen LogP contribution in [0, 0.1) is 24.5 Å². The zero-order valence-corrected chi connectivity index (χ0v) is 19.2. The number of hydrogen-bond donors (Lipinski definition) is 2. The number of halogens is 2. The highest BCUT2D eigenvalue weighted by atomic mass is 19.1. The average molecular weight is 454 g/mol. The normalized spacial score (nSPS) is 18.2. The van der Waals surface area contributed by atoms with E-state index in [2.05, 4.69) is 15.6 Å². The molecule has 174 valence electrons. The lowest BCUT2D eigenvalue weighted by atomic mass is 9.86. The van der Waals surface area contributed by atoms with Crippen molar-refractivity contribution in [2.24, 2.45) is 5.92 Å². The molecule has 1 aromatic heterocycles. The molecule has 3 aromatic rings. The molecule has 0 radical (unpaired) electrons. The molecule has 8 heteroatoms. The molecule has 1 fully saturated rings. The van der Waals surface area contributed by atoms with Crippen molar-refractivity contribution < 1.29 is 13.6 Å². The molecule has 6 nitrogen and oxygen atoms in total. The quantitative estimate of drug-likeness (QED) is 0.567. The molecule has 0 saturated heterocycles. The monoisotopic (exact) mass is 453 g/mol. The smallest absolute Gasteiger partial charge is 0.257 e. The van der Waals surface area contributed by atoms with Gasteiger partial charge in [-0.3, -0.25) is 4.79 Å². The van der Waals surface area contributed by atoms with Crippen molar-refractivity contribution >= 4 is 28.6 Å². The van der Waals surface area contributed by atoms with Crippen LogP contribution in [0.1, 0.15) is 41.6 Å². The lowest BCUT2D eigenvalue weighted by molar-refractivity contribution is 0.0934. The number of nitrogens with zero attached hydrogens (tertiary/aromatic N) is 3. The van der Waals surface area contributed by atoms with Gasteiger partial charge in [0, 0.05) is 32.1 Å². The lowest BCUT2D eigenvalue weighted by Gasteiger charge is -2.29. The molecule has 0 spiro atoms. The highest BCUT2D eigenvalue weighted by Gasteiger charge is 2.24. The first-order chi connectivity index (χ1) is 15.8. The maximum absolute atomic E-state index is 14.2. The van der Waals surface area contributed by atoms with Gasteiger partial charge >= 0.3 is 0 Å². The summed E-state index contributed by atoms with van der Waals surface area (Å²) in [5.41, 5.74) is 0.641. The van der Waals surface area contributed by atoms with Gasteiger partial charge in [-0.1, -0.05) is 18.2 Å². The summed E-state index contributed by atoms with van der Waals surface area (Å²) in [6.07, 6.45) is 3.60. The number of fused-ring (bicyclic) bond motifs is 1. The van der Waals surface area contributed by atoms with E-state index < -0.39 is 23.1 Å². The molecule has 1 amide bonds. The standard InChI is InChI=1S/C25H29F2N5O/c1-15-8-13-19(26)21(22(15)27)24(33)28-14-16-9-11-17(12-10-16)29-25-30-20-7-5-4-6-18(20)23(31-25)32(2)3/h4-8,13,16-17H,9-12,14H2,1-3H3,(H,28,33)(H,29,30,31). The Hall–Kier alpha value is -3.29. The zero-order valence-electron chi connectivity index (χ0n) is 19.2. The molecule has 1 saturated carbocycles. The number of aromatic nitrogens is 2. The van der Waals surface area contributed by atoms with E-state index >= 15 is 0 Å². The van der Waals surface area contributed by atoms with E-state index in [0.717, 1.165) is 48.5 Å². The number of amides is 1. The van der Waals surface area contributed by atoms with Gasteiger partial charge in [-0.25, -0.2) is 13.8 Å². The third-order valence-corrected chi connectivity index (χ3v) is 6.25. The third kappa shape index (κ3) is 5.05. The minimum absolute atomic E-state index is 0.236. The molecule has 4 rings (SSSR count). The predicted octanol–water partition coefficient (Wildman–Crippen LogP) is 4.68. The topological polar surface area (TPSA) is 70.2 Å². The van der Waals surface area contributed by atoms with Gasteiger partial charge in [-0.05, 0) is 62.3 Å². The fourth-order valence-corrected chi connectivity index (χ4v) is 4.35. The Labute approximate surface area is 192 Å². The second-order valence-electron chi connectivity index (χ2n) is 8.91. The minimum Gasteiger partial charge on any atom is -0.362 e. The van der Waals surface area contributed by atoms with Crippen LogP contribution in [0.15, 0.2) is 36.4 Å². The molecule has 2 N–H and O–H groups in total. The lowest BCUT2D eigenvalue weighted by Crippen LogP contribution is -2.35. The summed E-state index contributed by atoms with van der Waals surface area (Å²) in [6, 6.07) is 10.6. The Balaban J connectivity index is 1.34. The van der Waals surface area contributed by atoms with Crippen LogP contribution in [0.25, 0.3) is 10.9 Å². The number of anilines is 2. The number of rotatable bonds is 6. The van der Waals surface area contributed by atoms with Crippen molar-refractivity contribution in [1.29, 1.82) is 0 Å². The van der Waals surface area contributed by atoms with E-state index in [1.807, 2.05) is 43.3 Å². The molecular formula is C25H29F2N5O. The van der Waals surface area contributed by atoms with Gasteiger partial charge in [0.1, 0.15) is 23.0 Å². The zero-order chi connectivity index (χ0) is 23.5. The van der Waals surface area contributed by atoms with Crippen molar-refractivity contribution in [2.75, 3.05) is 30.9 Å². The SMILES string of the molecule is Cc1ccc(F)c(C(=O)NCC2CCC(Nc3nc(N(C)C)c4ccccc4n3)CC2)c1F. The van der Waals surface area contributed by atoms with Gasteiger partial charge in [0.25, 0.3) is 5.91 Å². The Morgan fingerprint density at radius 2 is 1.79 bits per heavy atom. The number of nitrogens with one attached hydrogen (secondary N) is 2. The fraction of sp³-hybridized carbons (Fsp3) is 0.400. The highest BCUT2D eigenvalue weighted by molar-refractivity contribution is 5.95. The van der Waals surface area contributed by atoms with Crippen LogP contribution >= 0.6 is 0 Å². The summed E-state index contributed by atoms with van der Waals surface area (Å²) in [4.78, 5) is 23.7. The van der Waals surface area contributed by atoms with Crippen LogP contribution in [0.4, 0.5) is 20.5 Å². The van der Waals surface area contributed by atoms with E-state index in [9.17, 15) is 13.6 Å². The van der Waals surface area contributed by atoms with Crippen LogP contribution < -0.4 is 15.5 Å². The number of carbonyl (C=O) groups excluding carboxylic acids is 1. The van der Waals surface area contributed by atoms with Crippen LogP contribution in [0.5, 0.6) is 0 Å². The van der Waals surface area contributed by atoms with Gasteiger partial charge in [-0.15, -0.1) is 0 Å². The summed E-state index contributed by atoms with van der Waals surface area (Å²) in [7, 11) is 3.93. The van der Waals surface area contributed by atoms with Crippen molar-refractivity contribution in [3.63, 3.8) is 0 Å². The van der Waals surface area contributed by atoms with Crippen molar-refractivity contribution in [2.45, 2.75) is 38.6 Å². The first-order valence-electron chi connectivity index (χ1n) is 11.3. The highest BCUT2D eigenvalue weighted by Crippen LogP contribution is 2.28. The Kier molecular flexibility index (Phi) is 6.72. The first-order valence-corrected chi connectivity index (χ1v) is 11.3. The van der Waals surface area contributed by atoms with Crippen molar-refractivity contribution in [3.05, 3.63) is 59.2 Å². The van der Waals surface area contributed by atoms with Gasteiger partial charge < -0.3 is 15.5 Å². The fourth-order valence-electron chi connectivity index (χ4n) is 4.35. The van der Waals surface area contributed by atoms with Crippen LogP contribution in [0.2, 0.25) is 0 Å². The summed E-state index contributed by atoms with van der Waals surface area (Å²) in [5, 5.41) is 7.19. The molecule has 2 aromatic carbocycles. The second-order valence-corrected chi connectivity index (χ2v) is 8.91. The molecule has 33 heavy (non-hydrogen) atoms.